The number of hydrogen-bond donors (Lipinski definition) is 0. The van der Waals surface area contributed by atoms with E-state index in [1.165, 1.54) is 12.1 Å². The van der Waals surface area contributed by atoms with Crippen molar-refractivity contribution in [1.82, 2.24) is 4.90 Å². The van der Waals surface area contributed by atoms with Gasteiger partial charge in [-0.05, 0) is 72.9 Å². The molecule has 3 aromatic rings. The lowest BCUT2D eigenvalue weighted by Gasteiger charge is -2.50. The van der Waals surface area contributed by atoms with E-state index in [9.17, 15) is 9.65 Å². The van der Waals surface area contributed by atoms with Crippen LogP contribution in [0.4, 0.5) is 8.78 Å². The second-order valence-electron chi connectivity index (χ2n) is 9.00. The van der Waals surface area contributed by atoms with Crippen LogP contribution < -0.4 is 0 Å². The fourth-order valence-corrected chi connectivity index (χ4v) is 5.06. The third-order valence-electron chi connectivity index (χ3n) is 6.24. The van der Waals surface area contributed by atoms with Crippen LogP contribution in [0.5, 0.6) is 0 Å². The van der Waals surface area contributed by atoms with E-state index in [-0.39, 0.29) is 17.8 Å². The second-order valence-corrected chi connectivity index (χ2v) is 9.44. The Kier molecular flexibility index (Phi) is 6.33. The Morgan fingerprint density at radius 3 is 2.25 bits per heavy atom. The van der Waals surface area contributed by atoms with Gasteiger partial charge in [-0.15, -0.1) is 0 Å². The average molecular weight is 451 g/mol. The van der Waals surface area contributed by atoms with Crippen molar-refractivity contribution in [3.8, 4) is 6.07 Å². The Morgan fingerprint density at radius 1 is 0.969 bits per heavy atom. The van der Waals surface area contributed by atoms with Gasteiger partial charge < -0.3 is 0 Å². The molecule has 1 aliphatic heterocycles. The van der Waals surface area contributed by atoms with Gasteiger partial charge in [0.2, 0.25) is 0 Å². The number of nitriles is 1. The summed E-state index contributed by atoms with van der Waals surface area (Å²) in [6.45, 7) is 4.47. The SMILES string of the molecule is CC(C)(F)[C@H](c1cccc(F)c1)C1CN([C@@H](c2ccc(Cl)cc2)c2cccc(C#N)c2)C1. The van der Waals surface area contributed by atoms with Gasteiger partial charge in [-0.3, -0.25) is 4.90 Å². The lowest BCUT2D eigenvalue weighted by atomic mass is 9.72. The molecule has 0 radical (unpaired) electrons. The number of hydrogen-bond acceptors (Lipinski definition) is 2. The van der Waals surface area contributed by atoms with Crippen LogP contribution in [-0.4, -0.2) is 23.7 Å². The van der Waals surface area contributed by atoms with Crippen molar-refractivity contribution < 1.29 is 8.78 Å². The smallest absolute Gasteiger partial charge is 0.123 e. The highest BCUT2D eigenvalue weighted by molar-refractivity contribution is 6.30. The molecule has 0 bridgehead atoms. The predicted octanol–water partition coefficient (Wildman–Crippen LogP) is 6.90. The molecule has 0 spiro atoms. The van der Waals surface area contributed by atoms with Gasteiger partial charge in [-0.1, -0.05) is 48.0 Å². The molecule has 2 atom stereocenters. The number of benzene rings is 3. The van der Waals surface area contributed by atoms with Crippen LogP contribution in [0.1, 0.15) is 48.1 Å². The Labute approximate surface area is 193 Å². The minimum Gasteiger partial charge on any atom is -0.292 e. The first kappa shape index (κ1) is 22.5. The third-order valence-corrected chi connectivity index (χ3v) is 6.49. The molecule has 164 valence electrons. The average Bonchev–Trinajstić information content (AvgIpc) is 2.72. The first-order valence-corrected chi connectivity index (χ1v) is 11.1. The van der Waals surface area contributed by atoms with Crippen LogP contribution >= 0.6 is 11.6 Å². The molecule has 32 heavy (non-hydrogen) atoms. The molecule has 1 saturated heterocycles. The number of alkyl halides is 1. The Balaban J connectivity index is 1.64. The highest BCUT2D eigenvalue weighted by Crippen LogP contribution is 2.45. The standard InChI is InChI=1S/C27H25ClF2N2/c1-27(2,30)25(20-6-4-8-24(29)14-20)22-16-32(17-22)26(19-9-11-23(28)12-10-19)21-7-3-5-18(13-21)15-31/h3-14,22,25-26H,16-17H2,1-2H3/t25-,26+/m1/s1. The Morgan fingerprint density at radius 2 is 1.62 bits per heavy atom. The van der Waals surface area contributed by atoms with E-state index in [1.54, 1.807) is 26.0 Å². The summed E-state index contributed by atoms with van der Waals surface area (Å²) in [5.74, 6) is -0.711. The topological polar surface area (TPSA) is 27.0 Å². The number of halogens is 3. The number of nitrogens with zero attached hydrogens (tertiary/aromatic N) is 2. The first-order chi connectivity index (χ1) is 15.3. The molecule has 0 aromatic heterocycles. The Hall–Kier alpha value is -2.74. The van der Waals surface area contributed by atoms with Gasteiger partial charge in [0.15, 0.2) is 0 Å². The lowest BCUT2D eigenvalue weighted by Crippen LogP contribution is -2.53. The van der Waals surface area contributed by atoms with E-state index in [4.69, 9.17) is 11.6 Å². The van der Waals surface area contributed by atoms with Crippen molar-refractivity contribution in [3.05, 3.63) is 106 Å². The van der Waals surface area contributed by atoms with Crippen molar-refractivity contribution in [2.75, 3.05) is 13.1 Å². The summed E-state index contributed by atoms with van der Waals surface area (Å²) in [5, 5.41) is 10.0. The fourth-order valence-electron chi connectivity index (χ4n) is 4.94. The first-order valence-electron chi connectivity index (χ1n) is 10.7. The van der Waals surface area contributed by atoms with E-state index in [0.29, 0.717) is 29.2 Å². The van der Waals surface area contributed by atoms with E-state index in [0.717, 1.165) is 11.1 Å². The van der Waals surface area contributed by atoms with Gasteiger partial charge >= 0.3 is 0 Å². The van der Waals surface area contributed by atoms with Gasteiger partial charge in [0.05, 0.1) is 17.7 Å². The summed E-state index contributed by atoms with van der Waals surface area (Å²) in [4.78, 5) is 2.28. The van der Waals surface area contributed by atoms with Crippen LogP contribution in [0, 0.1) is 23.1 Å². The highest BCUT2D eigenvalue weighted by Gasteiger charge is 2.45. The zero-order chi connectivity index (χ0) is 22.9. The maximum absolute atomic E-state index is 15.3. The van der Waals surface area contributed by atoms with Crippen molar-refractivity contribution in [2.24, 2.45) is 5.92 Å². The second kappa shape index (κ2) is 9.02. The maximum Gasteiger partial charge on any atom is 0.123 e. The van der Waals surface area contributed by atoms with Gasteiger partial charge in [-0.25, -0.2) is 8.78 Å². The minimum absolute atomic E-state index is 0.0470. The summed E-state index contributed by atoms with van der Waals surface area (Å²) in [5.41, 5.74) is 1.87. The van der Waals surface area contributed by atoms with Crippen LogP contribution in [0.25, 0.3) is 0 Å². The molecule has 1 heterocycles. The molecule has 0 N–H and O–H groups in total. The molecule has 0 saturated carbocycles. The van der Waals surface area contributed by atoms with Gasteiger partial charge in [0.1, 0.15) is 11.5 Å². The largest absolute Gasteiger partial charge is 0.292 e. The Bertz CT molecular complexity index is 1130. The summed E-state index contributed by atoms with van der Waals surface area (Å²) < 4.78 is 29.2. The van der Waals surface area contributed by atoms with E-state index in [2.05, 4.69) is 11.0 Å². The molecule has 1 fully saturated rings. The molecular formula is C27H25ClF2N2. The zero-order valence-electron chi connectivity index (χ0n) is 18.1. The number of likely N-dealkylation sites (tertiary alicyclic amines) is 1. The van der Waals surface area contributed by atoms with Crippen LogP contribution in [0.2, 0.25) is 5.02 Å². The zero-order valence-corrected chi connectivity index (χ0v) is 18.9. The molecule has 4 rings (SSSR count). The predicted molar refractivity (Wildman–Crippen MR) is 124 cm³/mol. The van der Waals surface area contributed by atoms with Gasteiger partial charge in [-0.2, -0.15) is 5.26 Å². The van der Waals surface area contributed by atoms with Gasteiger partial charge in [0, 0.05) is 24.0 Å². The molecule has 0 amide bonds. The van der Waals surface area contributed by atoms with Crippen LogP contribution in [0.15, 0.2) is 72.8 Å². The van der Waals surface area contributed by atoms with E-state index >= 15 is 4.39 Å². The van der Waals surface area contributed by atoms with Crippen LogP contribution in [-0.2, 0) is 0 Å². The molecular weight excluding hydrogens is 426 g/mol. The maximum atomic E-state index is 15.3. The molecule has 5 heteroatoms. The summed E-state index contributed by atoms with van der Waals surface area (Å²) in [6, 6.07) is 23.7. The molecule has 0 unspecified atom stereocenters. The monoisotopic (exact) mass is 450 g/mol. The highest BCUT2D eigenvalue weighted by atomic mass is 35.5. The summed E-state index contributed by atoms with van der Waals surface area (Å²) >= 11 is 6.10. The lowest BCUT2D eigenvalue weighted by molar-refractivity contribution is 0.00813. The van der Waals surface area contributed by atoms with Crippen molar-refractivity contribution >= 4 is 11.6 Å². The quantitative estimate of drug-likeness (QED) is 0.408. The molecule has 0 aliphatic carbocycles. The molecule has 3 aromatic carbocycles. The van der Waals surface area contributed by atoms with Crippen molar-refractivity contribution in [1.29, 1.82) is 5.26 Å². The minimum atomic E-state index is -1.49. The third kappa shape index (κ3) is 4.70. The number of rotatable bonds is 6. The van der Waals surface area contributed by atoms with Crippen molar-refractivity contribution in [3.63, 3.8) is 0 Å². The van der Waals surface area contributed by atoms with E-state index < -0.39 is 11.6 Å². The molecule has 1 aliphatic rings. The molecule has 2 nitrogen and oxygen atoms in total. The summed E-state index contributed by atoms with van der Waals surface area (Å²) in [7, 11) is 0. The fraction of sp³-hybridized carbons (Fsp3) is 0.296. The van der Waals surface area contributed by atoms with Crippen molar-refractivity contribution in [2.45, 2.75) is 31.5 Å². The van der Waals surface area contributed by atoms with Gasteiger partial charge in [0.25, 0.3) is 0 Å². The summed E-state index contributed by atoms with van der Waals surface area (Å²) in [6.07, 6.45) is 0. The van der Waals surface area contributed by atoms with E-state index in [1.807, 2.05) is 48.5 Å². The van der Waals surface area contributed by atoms with Crippen LogP contribution in [0.3, 0.4) is 0 Å². The normalized spacial score (nSPS) is 16.8.